The lowest BCUT2D eigenvalue weighted by Gasteiger charge is -2.03. The van der Waals surface area contributed by atoms with Crippen LogP contribution < -0.4 is 0 Å². The summed E-state index contributed by atoms with van der Waals surface area (Å²) in [7, 11) is -1.35. The zero-order chi connectivity index (χ0) is 12.6. The molecule has 1 aromatic rings. The first-order valence-corrected chi connectivity index (χ1v) is 9.05. The molecule has 1 nitrogen and oxygen atoms in total. The van der Waals surface area contributed by atoms with Crippen molar-refractivity contribution in [3.63, 3.8) is 0 Å². The van der Waals surface area contributed by atoms with Gasteiger partial charge < -0.3 is 0 Å². The molecule has 0 unspecified atom stereocenters. The molecule has 0 aliphatic carbocycles. The van der Waals surface area contributed by atoms with Crippen molar-refractivity contribution in [2.45, 2.75) is 33.5 Å². The van der Waals surface area contributed by atoms with Gasteiger partial charge in [-0.25, -0.2) is 0 Å². The summed E-state index contributed by atoms with van der Waals surface area (Å²) in [6.07, 6.45) is 0. The first-order chi connectivity index (χ1) is 7.53. The number of rotatable bonds is 0. The van der Waals surface area contributed by atoms with Gasteiger partial charge in [0.15, 0.2) is 0 Å². The highest BCUT2D eigenvalue weighted by Gasteiger charge is 2.07. The third-order valence-corrected chi connectivity index (χ3v) is 2.49. The van der Waals surface area contributed by atoms with E-state index in [0.29, 0.717) is 5.56 Å². The topological polar surface area (TPSA) is 23.8 Å². The van der Waals surface area contributed by atoms with Crippen LogP contribution in [0.15, 0.2) is 24.3 Å². The number of benzene rings is 1. The molecule has 0 aliphatic heterocycles. The summed E-state index contributed by atoms with van der Waals surface area (Å²) in [5, 5.41) is 8.84. The fraction of sp³-hybridized carbons (Fsp3) is 0.357. The van der Waals surface area contributed by atoms with E-state index in [0.717, 1.165) is 5.56 Å². The minimum Gasteiger partial charge on any atom is -0.192 e. The summed E-state index contributed by atoms with van der Waals surface area (Å²) in [6.45, 7) is 10.6. The number of nitriles is 1. The first-order valence-electron chi connectivity index (χ1n) is 5.55. The highest BCUT2D eigenvalue weighted by molar-refractivity contribution is 6.83. The van der Waals surface area contributed by atoms with Crippen LogP contribution in [0.25, 0.3) is 0 Å². The molecule has 0 fully saturated rings. The zero-order valence-corrected chi connectivity index (χ0v) is 11.8. The Kier molecular flexibility index (Phi) is 6.23. The largest absolute Gasteiger partial charge is 0.192 e. The van der Waals surface area contributed by atoms with Crippen molar-refractivity contribution in [3.05, 3.63) is 35.4 Å². The summed E-state index contributed by atoms with van der Waals surface area (Å²) in [5.41, 5.74) is 4.76. The molecule has 0 aromatic heterocycles. The quantitative estimate of drug-likeness (QED) is 0.490. The van der Waals surface area contributed by atoms with Crippen LogP contribution in [-0.4, -0.2) is 8.07 Å². The van der Waals surface area contributed by atoms with E-state index in [1.54, 1.807) is 6.07 Å². The number of hydrogen-bond acceptors (Lipinski definition) is 1. The predicted octanol–water partition coefficient (Wildman–Crippen LogP) is 3.81. The molecule has 0 N–H and O–H groups in total. The van der Waals surface area contributed by atoms with E-state index in [1.807, 2.05) is 32.0 Å². The molecule has 0 amide bonds. The lowest BCUT2D eigenvalue weighted by atomic mass is 10.1. The molecule has 0 aliphatic rings. The number of hydrogen-bond donors (Lipinski definition) is 0. The molecule has 0 heterocycles. The van der Waals surface area contributed by atoms with E-state index >= 15 is 0 Å². The first kappa shape index (κ1) is 14.5. The molecular formula is C14H19NSi. The van der Waals surface area contributed by atoms with Crippen molar-refractivity contribution in [2.75, 3.05) is 0 Å². The van der Waals surface area contributed by atoms with Gasteiger partial charge >= 0.3 is 0 Å². The molecule has 84 valence electrons. The van der Waals surface area contributed by atoms with Gasteiger partial charge in [-0.1, -0.05) is 51.5 Å². The van der Waals surface area contributed by atoms with Gasteiger partial charge in [-0.05, 0) is 12.1 Å². The van der Waals surface area contributed by atoms with Crippen LogP contribution in [0.5, 0.6) is 0 Å². The monoisotopic (exact) mass is 229 g/mol. The Balaban J connectivity index is 0.00000106. The molecule has 1 rings (SSSR count). The minimum atomic E-state index is -1.35. The van der Waals surface area contributed by atoms with E-state index in [-0.39, 0.29) is 0 Å². The second kappa shape index (κ2) is 6.88. The Hall–Kier alpha value is -1.51. The van der Waals surface area contributed by atoms with Crippen molar-refractivity contribution in [1.29, 1.82) is 5.26 Å². The molecule has 0 saturated carbocycles. The standard InChI is InChI=1S/C12H13NSi.C2H6/c1-14(2,3)9-8-11-6-4-5-7-12(11)10-13;1-2/h4-7H,1-3H3;1-2H3. The Morgan fingerprint density at radius 2 is 1.50 bits per heavy atom. The molecule has 1 aromatic carbocycles. The Labute approximate surface area is 100 Å². The van der Waals surface area contributed by atoms with Crippen molar-refractivity contribution in [2.24, 2.45) is 0 Å². The Bertz CT molecular complexity index is 425. The van der Waals surface area contributed by atoms with Gasteiger partial charge in [0.25, 0.3) is 0 Å². The summed E-state index contributed by atoms with van der Waals surface area (Å²) in [6, 6.07) is 9.61. The molecule has 0 bridgehead atoms. The minimum absolute atomic E-state index is 0.665. The van der Waals surface area contributed by atoms with Gasteiger partial charge in [0.05, 0.1) is 5.56 Å². The van der Waals surface area contributed by atoms with Gasteiger partial charge in [0.2, 0.25) is 0 Å². The van der Waals surface area contributed by atoms with Crippen LogP contribution in [0.1, 0.15) is 25.0 Å². The normalized spacial score (nSPS) is 9.00. The molecule has 0 spiro atoms. The molecule has 16 heavy (non-hydrogen) atoms. The van der Waals surface area contributed by atoms with Crippen molar-refractivity contribution >= 4 is 8.07 Å². The Morgan fingerprint density at radius 1 is 1.00 bits per heavy atom. The summed E-state index contributed by atoms with van der Waals surface area (Å²) < 4.78 is 0. The van der Waals surface area contributed by atoms with Crippen LogP contribution in [0.3, 0.4) is 0 Å². The summed E-state index contributed by atoms with van der Waals surface area (Å²) in [4.78, 5) is 0. The lowest BCUT2D eigenvalue weighted by molar-refractivity contribution is 1.47. The molecule has 0 atom stereocenters. The van der Waals surface area contributed by atoms with Gasteiger partial charge in [-0.3, -0.25) is 0 Å². The molecule has 0 radical (unpaired) electrons. The predicted molar refractivity (Wildman–Crippen MR) is 72.7 cm³/mol. The lowest BCUT2D eigenvalue weighted by Crippen LogP contribution is -2.16. The van der Waals surface area contributed by atoms with Crippen LogP contribution in [-0.2, 0) is 0 Å². The fourth-order valence-corrected chi connectivity index (χ4v) is 1.45. The van der Waals surface area contributed by atoms with Crippen LogP contribution in [0, 0.1) is 22.8 Å². The van der Waals surface area contributed by atoms with Gasteiger partial charge in [-0.2, -0.15) is 5.26 Å². The third kappa shape index (κ3) is 5.39. The Morgan fingerprint density at radius 3 is 1.94 bits per heavy atom. The molecular weight excluding hydrogens is 210 g/mol. The average Bonchev–Trinajstić information content (AvgIpc) is 2.28. The van der Waals surface area contributed by atoms with Crippen LogP contribution in [0.2, 0.25) is 19.6 Å². The smallest absolute Gasteiger partial charge is 0.129 e. The second-order valence-electron chi connectivity index (χ2n) is 4.16. The van der Waals surface area contributed by atoms with E-state index in [2.05, 4.69) is 37.2 Å². The molecule has 0 saturated heterocycles. The maximum Gasteiger partial charge on any atom is 0.129 e. The van der Waals surface area contributed by atoms with Gasteiger partial charge in [0.1, 0.15) is 14.1 Å². The SMILES string of the molecule is CC.C[Si](C)(C)C#Cc1ccccc1C#N. The summed E-state index contributed by atoms with van der Waals surface area (Å²) in [5.74, 6) is 3.09. The zero-order valence-electron chi connectivity index (χ0n) is 10.8. The maximum atomic E-state index is 8.84. The highest BCUT2D eigenvalue weighted by Crippen LogP contribution is 2.06. The third-order valence-electron chi connectivity index (χ3n) is 1.62. The molecule has 2 heteroatoms. The van der Waals surface area contributed by atoms with E-state index in [4.69, 9.17) is 5.26 Å². The van der Waals surface area contributed by atoms with Crippen molar-refractivity contribution in [3.8, 4) is 17.5 Å². The van der Waals surface area contributed by atoms with Crippen molar-refractivity contribution < 1.29 is 0 Å². The van der Waals surface area contributed by atoms with Gasteiger partial charge in [-0.15, -0.1) is 5.54 Å². The average molecular weight is 229 g/mol. The van der Waals surface area contributed by atoms with Crippen molar-refractivity contribution in [1.82, 2.24) is 0 Å². The highest BCUT2D eigenvalue weighted by atomic mass is 28.3. The van der Waals surface area contributed by atoms with E-state index in [9.17, 15) is 0 Å². The fourth-order valence-electron chi connectivity index (χ4n) is 0.944. The summed E-state index contributed by atoms with van der Waals surface area (Å²) >= 11 is 0. The van der Waals surface area contributed by atoms with E-state index < -0.39 is 8.07 Å². The van der Waals surface area contributed by atoms with Crippen LogP contribution in [0.4, 0.5) is 0 Å². The van der Waals surface area contributed by atoms with Gasteiger partial charge in [0, 0.05) is 5.56 Å². The second-order valence-corrected chi connectivity index (χ2v) is 8.91. The van der Waals surface area contributed by atoms with E-state index in [1.165, 1.54) is 0 Å². The number of nitrogens with zero attached hydrogens (tertiary/aromatic N) is 1. The maximum absolute atomic E-state index is 8.84. The van der Waals surface area contributed by atoms with Crippen LogP contribution >= 0.6 is 0 Å².